The Morgan fingerprint density at radius 2 is 1.36 bits per heavy atom. The van der Waals surface area contributed by atoms with Gasteiger partial charge in [-0.25, -0.2) is 4.79 Å². The second kappa shape index (κ2) is 12.6. The van der Waals surface area contributed by atoms with E-state index in [1.807, 2.05) is 26.0 Å². The average molecular weight is 665 g/mol. The summed E-state index contributed by atoms with van der Waals surface area (Å²) in [6, 6.07) is 18.1. The molecule has 9 nitrogen and oxygen atoms in total. The predicted octanol–water partition coefficient (Wildman–Crippen LogP) is 5.93. The highest BCUT2D eigenvalue weighted by atomic mass is 32.2. The van der Waals surface area contributed by atoms with Crippen LogP contribution in [0.4, 0.5) is 0 Å². The van der Waals surface area contributed by atoms with E-state index in [-0.39, 0.29) is 38.2 Å². The molecule has 2 heterocycles. The van der Waals surface area contributed by atoms with Gasteiger partial charge < -0.3 is 13.9 Å². The molecule has 0 saturated carbocycles. The minimum absolute atomic E-state index is 0.000460. The minimum Gasteiger partial charge on any atom is -0.478 e. The molecule has 3 atom stereocenters. The van der Waals surface area contributed by atoms with Crippen molar-refractivity contribution >= 4 is 82.2 Å². The van der Waals surface area contributed by atoms with Crippen molar-refractivity contribution in [2.45, 2.75) is 34.5 Å². The van der Waals surface area contributed by atoms with Gasteiger partial charge in [0.15, 0.2) is 5.58 Å². The van der Waals surface area contributed by atoms with Crippen LogP contribution in [0.25, 0.3) is 43.9 Å². The molecule has 6 aromatic rings. The summed E-state index contributed by atoms with van der Waals surface area (Å²) in [4.78, 5) is 37.9. The molecule has 0 aliphatic carbocycles. The van der Waals surface area contributed by atoms with E-state index in [1.165, 1.54) is 30.9 Å². The predicted molar refractivity (Wildman–Crippen MR) is 178 cm³/mol. The van der Waals surface area contributed by atoms with Crippen LogP contribution >= 0.6 is 0 Å². The lowest BCUT2D eigenvalue weighted by molar-refractivity contribution is 0.0693. The van der Waals surface area contributed by atoms with E-state index >= 15 is 0 Å². The van der Waals surface area contributed by atoms with E-state index in [2.05, 4.69) is 0 Å². The van der Waals surface area contributed by atoms with Crippen LogP contribution in [0.3, 0.4) is 0 Å². The van der Waals surface area contributed by atoms with Gasteiger partial charge in [0.2, 0.25) is 10.9 Å². The fraction of sp³-hybridized carbons (Fsp3) is 0.182. The van der Waals surface area contributed by atoms with Crippen LogP contribution in [-0.2, 0) is 32.4 Å². The summed E-state index contributed by atoms with van der Waals surface area (Å²) in [6.45, 7) is 4.03. The first-order valence-corrected chi connectivity index (χ1v) is 18.2. The van der Waals surface area contributed by atoms with E-state index in [0.29, 0.717) is 42.7 Å². The van der Waals surface area contributed by atoms with Gasteiger partial charge in [-0.05, 0) is 53.9 Å². The van der Waals surface area contributed by atoms with Gasteiger partial charge >= 0.3 is 5.97 Å². The third kappa shape index (κ3) is 5.92. The molecule has 3 unspecified atom stereocenters. The number of carboxylic acids is 1. The highest BCUT2D eigenvalue weighted by molar-refractivity contribution is 7.85. The molecule has 2 aromatic heterocycles. The summed E-state index contributed by atoms with van der Waals surface area (Å²) in [7, 11) is -4.28. The zero-order chi connectivity index (χ0) is 32.7. The molecule has 0 aliphatic heterocycles. The van der Waals surface area contributed by atoms with Gasteiger partial charge in [-0.2, -0.15) is 0 Å². The molecular formula is C33H28O9S3. The molecule has 0 bridgehead atoms. The first-order chi connectivity index (χ1) is 21.3. The smallest absolute Gasteiger partial charge is 0.336 e. The van der Waals surface area contributed by atoms with E-state index in [4.69, 9.17) is 8.83 Å². The Labute approximate surface area is 264 Å². The second-order valence-corrected chi connectivity index (χ2v) is 14.6. The molecular weight excluding hydrogens is 637 g/mol. The van der Waals surface area contributed by atoms with Crippen molar-refractivity contribution in [1.29, 1.82) is 0 Å². The lowest BCUT2D eigenvalue weighted by atomic mass is 9.97. The standard InChI is InChI=1S/C18H18O4S2.C15H10O5S/c1-10(2)12-6-5-7-14-16(12)17(19)13-8-11(23(3)20)9-15(24(4)21)18(13)22-14;1-21(19)14-9(15(17)18)6-7-11-12(14)13(16)8-4-2-3-5-10(8)20-11/h5-10H,1-4H3;2-7H,1H3,(H,17,18). The number of rotatable bonds is 5. The monoisotopic (exact) mass is 664 g/mol. The minimum atomic E-state index is -1.63. The summed E-state index contributed by atoms with van der Waals surface area (Å²) in [5, 5.41) is 10.5. The summed E-state index contributed by atoms with van der Waals surface area (Å²) < 4.78 is 47.5. The zero-order valence-electron chi connectivity index (χ0n) is 24.9. The number of carbonyl (C=O) groups is 1. The molecule has 45 heavy (non-hydrogen) atoms. The topological polar surface area (TPSA) is 149 Å². The Balaban J connectivity index is 0.000000179. The van der Waals surface area contributed by atoms with Crippen LogP contribution in [-0.4, -0.2) is 42.5 Å². The maximum atomic E-state index is 13.1. The summed E-state index contributed by atoms with van der Waals surface area (Å²) in [5.41, 5.74) is 1.64. The molecule has 4 aromatic carbocycles. The van der Waals surface area contributed by atoms with Crippen molar-refractivity contribution in [1.82, 2.24) is 0 Å². The Bertz CT molecular complexity index is 2370. The van der Waals surface area contributed by atoms with E-state index in [1.54, 1.807) is 42.5 Å². The number of hydrogen-bond donors (Lipinski definition) is 1. The Morgan fingerprint density at radius 1 is 0.711 bits per heavy atom. The molecule has 0 spiro atoms. The number of fused-ring (bicyclic) bond motifs is 4. The molecule has 0 fully saturated rings. The molecule has 0 aliphatic rings. The fourth-order valence-corrected chi connectivity index (χ4v) is 7.45. The van der Waals surface area contributed by atoms with E-state index in [0.717, 1.165) is 5.56 Å². The van der Waals surface area contributed by atoms with Gasteiger partial charge in [0.1, 0.15) is 16.7 Å². The van der Waals surface area contributed by atoms with Crippen molar-refractivity contribution in [3.8, 4) is 0 Å². The molecule has 0 radical (unpaired) electrons. The maximum Gasteiger partial charge on any atom is 0.336 e. The first-order valence-electron chi connectivity index (χ1n) is 13.6. The van der Waals surface area contributed by atoms with Gasteiger partial charge in [0, 0.05) is 34.5 Å². The summed E-state index contributed by atoms with van der Waals surface area (Å²) >= 11 is 0. The highest BCUT2D eigenvalue weighted by Crippen LogP contribution is 2.30. The SMILES string of the molecule is CC(C)c1cccc2oc3c(S(C)=O)cc(S(C)=O)cc3c(=O)c12.CS(=O)c1c(C(=O)O)ccc2oc3ccccc3c(=O)c12. The molecule has 232 valence electrons. The van der Waals surface area contributed by atoms with Gasteiger partial charge in [-0.3, -0.25) is 22.2 Å². The molecule has 6 rings (SSSR count). The van der Waals surface area contributed by atoms with Crippen molar-refractivity contribution in [3.63, 3.8) is 0 Å². The number of para-hydroxylation sites is 1. The van der Waals surface area contributed by atoms with Gasteiger partial charge in [-0.15, -0.1) is 0 Å². The number of carboxylic acid groups (broad SMARTS) is 1. The molecule has 1 N–H and O–H groups in total. The van der Waals surface area contributed by atoms with Crippen LogP contribution in [0.2, 0.25) is 0 Å². The number of aromatic carboxylic acids is 1. The quantitative estimate of drug-likeness (QED) is 0.222. The highest BCUT2D eigenvalue weighted by Gasteiger charge is 2.21. The van der Waals surface area contributed by atoms with Crippen LogP contribution < -0.4 is 10.9 Å². The lowest BCUT2D eigenvalue weighted by Crippen LogP contribution is -2.11. The first kappa shape index (κ1) is 32.1. The van der Waals surface area contributed by atoms with Crippen LogP contribution in [0.5, 0.6) is 0 Å². The Hall–Kier alpha value is -4.26. The zero-order valence-corrected chi connectivity index (χ0v) is 27.3. The van der Waals surface area contributed by atoms with Crippen molar-refractivity contribution in [2.75, 3.05) is 18.8 Å². The maximum absolute atomic E-state index is 13.1. The van der Waals surface area contributed by atoms with Crippen molar-refractivity contribution < 1.29 is 31.4 Å². The van der Waals surface area contributed by atoms with Crippen molar-refractivity contribution in [2.24, 2.45) is 0 Å². The number of hydrogen-bond acceptors (Lipinski definition) is 8. The summed E-state index contributed by atoms with van der Waals surface area (Å²) in [5.74, 6) is -1.06. The van der Waals surface area contributed by atoms with Crippen LogP contribution in [0.15, 0.2) is 99.8 Å². The molecule has 0 amide bonds. The van der Waals surface area contributed by atoms with Gasteiger partial charge in [0.05, 0.1) is 58.5 Å². The van der Waals surface area contributed by atoms with Crippen molar-refractivity contribution in [3.05, 3.63) is 98.3 Å². The largest absolute Gasteiger partial charge is 0.478 e. The van der Waals surface area contributed by atoms with Crippen LogP contribution in [0, 0.1) is 0 Å². The Morgan fingerprint density at radius 3 is 1.98 bits per heavy atom. The Kier molecular flexibility index (Phi) is 9.02. The van der Waals surface area contributed by atoms with Gasteiger partial charge in [-0.1, -0.05) is 38.1 Å². The summed E-state index contributed by atoms with van der Waals surface area (Å²) in [6.07, 6.45) is 4.40. The van der Waals surface area contributed by atoms with E-state index in [9.17, 15) is 32.1 Å². The average Bonchev–Trinajstić information content (AvgIpc) is 3.00. The normalized spacial score (nSPS) is 13.6. The molecule has 0 saturated heterocycles. The third-order valence-corrected chi connectivity index (χ3v) is 10.1. The van der Waals surface area contributed by atoms with Crippen LogP contribution in [0.1, 0.15) is 35.7 Å². The second-order valence-electron chi connectivity index (χ2n) is 10.5. The molecule has 12 heteroatoms. The van der Waals surface area contributed by atoms with Gasteiger partial charge in [0.25, 0.3) is 0 Å². The third-order valence-electron chi connectivity index (χ3n) is 7.25. The number of benzene rings is 4. The van der Waals surface area contributed by atoms with E-state index < -0.39 is 38.4 Å². The lowest BCUT2D eigenvalue weighted by Gasteiger charge is -2.11. The fourth-order valence-electron chi connectivity index (χ4n) is 5.16.